The molecule has 0 aromatic carbocycles. The van der Waals surface area contributed by atoms with Crippen LogP contribution in [0.1, 0.15) is 42.1 Å². The second-order valence-corrected chi connectivity index (χ2v) is 6.31. The summed E-state index contributed by atoms with van der Waals surface area (Å²) in [6.07, 6.45) is 7.08. The van der Waals surface area contributed by atoms with Gasteiger partial charge in [-0.05, 0) is 64.0 Å². The average Bonchev–Trinajstić information content (AvgIpc) is 2.79. The number of nitrogens with zero attached hydrogens (tertiary/aromatic N) is 3. The molecule has 19 heavy (non-hydrogen) atoms. The summed E-state index contributed by atoms with van der Waals surface area (Å²) in [5.74, 6) is 0. The van der Waals surface area contributed by atoms with Crippen molar-refractivity contribution in [3.05, 3.63) is 29.1 Å². The van der Waals surface area contributed by atoms with Crippen LogP contribution >= 0.6 is 0 Å². The van der Waals surface area contributed by atoms with Gasteiger partial charge in [-0.1, -0.05) is 0 Å². The van der Waals surface area contributed by atoms with E-state index in [1.807, 2.05) is 6.20 Å². The molecule has 1 saturated heterocycles. The van der Waals surface area contributed by atoms with Crippen LogP contribution in [0.5, 0.6) is 0 Å². The predicted octanol–water partition coefficient (Wildman–Crippen LogP) is 2.40. The van der Waals surface area contributed by atoms with Crippen molar-refractivity contribution in [2.45, 2.75) is 44.7 Å². The van der Waals surface area contributed by atoms with Crippen molar-refractivity contribution in [1.82, 2.24) is 14.8 Å². The monoisotopic (exact) mass is 259 g/mol. The molecule has 0 spiro atoms. The fourth-order valence-electron chi connectivity index (χ4n) is 3.82. The van der Waals surface area contributed by atoms with Crippen molar-refractivity contribution in [1.29, 1.82) is 0 Å². The van der Waals surface area contributed by atoms with Gasteiger partial charge in [0.05, 0.1) is 0 Å². The summed E-state index contributed by atoms with van der Waals surface area (Å²) < 4.78 is 0. The predicted molar refractivity (Wildman–Crippen MR) is 78.3 cm³/mol. The molecule has 1 aromatic rings. The van der Waals surface area contributed by atoms with Gasteiger partial charge in [-0.2, -0.15) is 0 Å². The minimum absolute atomic E-state index is 0.643. The summed E-state index contributed by atoms with van der Waals surface area (Å²) >= 11 is 0. The Morgan fingerprint density at radius 2 is 2.21 bits per heavy atom. The van der Waals surface area contributed by atoms with Gasteiger partial charge in [-0.3, -0.25) is 9.88 Å². The van der Waals surface area contributed by atoms with Crippen molar-refractivity contribution >= 4 is 0 Å². The van der Waals surface area contributed by atoms with Gasteiger partial charge < -0.3 is 4.90 Å². The highest BCUT2D eigenvalue weighted by Gasteiger charge is 2.38. The normalized spacial score (nSPS) is 26.5. The van der Waals surface area contributed by atoms with E-state index in [0.717, 1.165) is 12.5 Å². The molecule has 0 bridgehead atoms. The lowest BCUT2D eigenvalue weighted by Gasteiger charge is -2.36. The molecule has 0 saturated carbocycles. The van der Waals surface area contributed by atoms with E-state index >= 15 is 0 Å². The molecule has 2 atom stereocenters. The number of rotatable bonds is 3. The Labute approximate surface area is 116 Å². The lowest BCUT2D eigenvalue weighted by atomic mass is 9.93. The standard InChI is InChI=1S/C16H25N3/c1-12-6-9-17-14-8-11-19-13(7-10-18(2)3)4-5-15(19)16(12)14/h6,9,13,15H,4-5,7-8,10-11H2,1-3H3/t13-,15-/m0/s1. The van der Waals surface area contributed by atoms with Gasteiger partial charge in [0.25, 0.3) is 0 Å². The Balaban J connectivity index is 1.79. The smallest absolute Gasteiger partial charge is 0.0466 e. The molecule has 0 unspecified atom stereocenters. The first kappa shape index (κ1) is 13.1. The van der Waals surface area contributed by atoms with E-state index in [2.05, 4.69) is 41.9 Å². The highest BCUT2D eigenvalue weighted by molar-refractivity contribution is 5.35. The number of pyridine rings is 1. The third-order valence-electron chi connectivity index (χ3n) is 4.78. The second-order valence-electron chi connectivity index (χ2n) is 6.31. The number of fused-ring (bicyclic) bond motifs is 3. The molecule has 2 aliphatic heterocycles. The van der Waals surface area contributed by atoms with Crippen LogP contribution < -0.4 is 0 Å². The van der Waals surface area contributed by atoms with Crippen molar-refractivity contribution in [3.8, 4) is 0 Å². The Morgan fingerprint density at radius 1 is 1.37 bits per heavy atom. The Kier molecular flexibility index (Phi) is 3.59. The number of hydrogen-bond acceptors (Lipinski definition) is 3. The van der Waals surface area contributed by atoms with E-state index in [4.69, 9.17) is 0 Å². The van der Waals surface area contributed by atoms with Gasteiger partial charge in [0.2, 0.25) is 0 Å². The first-order valence-electron chi connectivity index (χ1n) is 7.51. The van der Waals surface area contributed by atoms with E-state index in [0.29, 0.717) is 6.04 Å². The van der Waals surface area contributed by atoms with E-state index in [1.165, 1.54) is 43.6 Å². The lowest BCUT2D eigenvalue weighted by Crippen LogP contribution is -2.39. The van der Waals surface area contributed by atoms with Gasteiger partial charge in [0.1, 0.15) is 0 Å². The molecule has 104 valence electrons. The van der Waals surface area contributed by atoms with Gasteiger partial charge in [0.15, 0.2) is 0 Å². The topological polar surface area (TPSA) is 19.4 Å². The molecule has 3 heteroatoms. The Bertz CT molecular complexity index is 455. The molecule has 2 aliphatic rings. The van der Waals surface area contributed by atoms with Crippen molar-refractivity contribution in [2.24, 2.45) is 0 Å². The highest BCUT2D eigenvalue weighted by Crippen LogP contribution is 2.42. The van der Waals surface area contributed by atoms with Crippen LogP contribution in [0.25, 0.3) is 0 Å². The molecule has 0 radical (unpaired) electrons. The Morgan fingerprint density at radius 3 is 3.00 bits per heavy atom. The van der Waals surface area contributed by atoms with Crippen LogP contribution in [-0.2, 0) is 6.42 Å². The summed E-state index contributed by atoms with van der Waals surface area (Å²) in [4.78, 5) is 9.66. The van der Waals surface area contributed by atoms with Crippen molar-refractivity contribution in [3.63, 3.8) is 0 Å². The minimum Gasteiger partial charge on any atom is -0.309 e. The van der Waals surface area contributed by atoms with Gasteiger partial charge >= 0.3 is 0 Å². The number of aryl methyl sites for hydroxylation is 1. The van der Waals surface area contributed by atoms with E-state index in [9.17, 15) is 0 Å². The van der Waals surface area contributed by atoms with Crippen LogP contribution in [0.2, 0.25) is 0 Å². The zero-order valence-electron chi connectivity index (χ0n) is 12.4. The van der Waals surface area contributed by atoms with Crippen LogP contribution in [0.3, 0.4) is 0 Å². The molecule has 3 rings (SSSR count). The number of aromatic nitrogens is 1. The third kappa shape index (κ3) is 2.41. The maximum Gasteiger partial charge on any atom is 0.0466 e. The third-order valence-corrected chi connectivity index (χ3v) is 4.78. The fourth-order valence-corrected chi connectivity index (χ4v) is 3.82. The van der Waals surface area contributed by atoms with Gasteiger partial charge in [-0.25, -0.2) is 0 Å². The summed E-state index contributed by atoms with van der Waals surface area (Å²) in [5, 5.41) is 0. The molecule has 0 N–H and O–H groups in total. The fraction of sp³-hybridized carbons (Fsp3) is 0.688. The molecule has 1 fully saturated rings. The molecule has 1 aromatic heterocycles. The quantitative estimate of drug-likeness (QED) is 0.831. The molecule has 3 heterocycles. The van der Waals surface area contributed by atoms with Crippen LogP contribution in [0, 0.1) is 6.92 Å². The summed E-state index contributed by atoms with van der Waals surface area (Å²) in [6, 6.07) is 3.60. The SMILES string of the molecule is Cc1ccnc2c1[C@@H]1CC[C@@H](CCN(C)C)N1CC2. The van der Waals surface area contributed by atoms with Crippen LogP contribution in [0.15, 0.2) is 12.3 Å². The molecule has 0 amide bonds. The summed E-state index contributed by atoms with van der Waals surface area (Å²) in [7, 11) is 4.35. The second kappa shape index (κ2) is 5.22. The zero-order valence-corrected chi connectivity index (χ0v) is 12.4. The van der Waals surface area contributed by atoms with Gasteiger partial charge in [-0.15, -0.1) is 0 Å². The zero-order chi connectivity index (χ0) is 13.4. The van der Waals surface area contributed by atoms with Crippen LogP contribution in [-0.4, -0.2) is 48.0 Å². The average molecular weight is 259 g/mol. The first-order chi connectivity index (χ1) is 9.16. The van der Waals surface area contributed by atoms with E-state index < -0.39 is 0 Å². The van der Waals surface area contributed by atoms with Crippen LogP contribution in [0.4, 0.5) is 0 Å². The van der Waals surface area contributed by atoms with Crippen molar-refractivity contribution < 1.29 is 0 Å². The summed E-state index contributed by atoms with van der Waals surface area (Å²) in [6.45, 7) is 4.65. The highest BCUT2D eigenvalue weighted by atomic mass is 15.2. The van der Waals surface area contributed by atoms with E-state index in [-0.39, 0.29) is 0 Å². The lowest BCUT2D eigenvalue weighted by molar-refractivity contribution is 0.165. The first-order valence-corrected chi connectivity index (χ1v) is 7.51. The maximum atomic E-state index is 4.60. The summed E-state index contributed by atoms with van der Waals surface area (Å²) in [5.41, 5.74) is 4.34. The maximum absolute atomic E-state index is 4.60. The number of hydrogen-bond donors (Lipinski definition) is 0. The largest absolute Gasteiger partial charge is 0.309 e. The van der Waals surface area contributed by atoms with Gasteiger partial charge in [0, 0.05) is 36.9 Å². The van der Waals surface area contributed by atoms with E-state index in [1.54, 1.807) is 5.56 Å². The van der Waals surface area contributed by atoms with Crippen molar-refractivity contribution in [2.75, 3.05) is 27.2 Å². The molecule has 3 nitrogen and oxygen atoms in total. The molecular weight excluding hydrogens is 234 g/mol. The molecule has 0 aliphatic carbocycles. The Hall–Kier alpha value is -0.930. The molecular formula is C16H25N3. The minimum atomic E-state index is 0.643.